The third-order valence-electron chi connectivity index (χ3n) is 4.97. The molecule has 1 aliphatic rings. The van der Waals surface area contributed by atoms with Crippen LogP contribution in [0.3, 0.4) is 0 Å². The number of aliphatic hydroxyl groups is 3. The van der Waals surface area contributed by atoms with E-state index in [1.54, 1.807) is 25.1 Å². The molecule has 1 unspecified atom stereocenters. The lowest BCUT2D eigenvalue weighted by Crippen LogP contribution is -2.60. The number of esters is 1. The number of hydrogen-bond donors (Lipinski definition) is 3. The fraction of sp³-hybridized carbons (Fsp3) is 0.409. The number of carbonyl (C=O) groups excluding carboxylic acids is 1. The molecule has 30 heavy (non-hydrogen) atoms. The Morgan fingerprint density at radius 1 is 1.10 bits per heavy atom. The van der Waals surface area contributed by atoms with Crippen LogP contribution in [0.25, 0.3) is 0 Å². The Bertz CT molecular complexity index is 838. The first-order valence-electron chi connectivity index (χ1n) is 9.58. The second-order valence-electron chi connectivity index (χ2n) is 7.06. The van der Waals surface area contributed by atoms with Crippen LogP contribution in [0.1, 0.15) is 21.5 Å². The van der Waals surface area contributed by atoms with Crippen molar-refractivity contribution >= 4 is 5.97 Å². The minimum Gasteiger partial charge on any atom is -0.489 e. The first-order valence-corrected chi connectivity index (χ1v) is 9.58. The van der Waals surface area contributed by atoms with Crippen LogP contribution in [0, 0.1) is 6.92 Å². The molecule has 0 radical (unpaired) electrons. The summed E-state index contributed by atoms with van der Waals surface area (Å²) in [6.07, 6.45) is -6.32. The van der Waals surface area contributed by atoms with Crippen LogP contribution in [0.4, 0.5) is 0 Å². The lowest BCUT2D eigenvalue weighted by molar-refractivity contribution is -0.293. The Labute approximate surface area is 174 Å². The minimum atomic E-state index is -1.47. The molecule has 0 amide bonds. The number of aryl methyl sites for hydroxylation is 1. The average molecular weight is 418 g/mol. The summed E-state index contributed by atoms with van der Waals surface area (Å²) < 4.78 is 21.6. The molecule has 1 heterocycles. The molecule has 1 aliphatic heterocycles. The Morgan fingerprint density at radius 3 is 2.47 bits per heavy atom. The number of methoxy groups -OCH3 is 1. The summed E-state index contributed by atoms with van der Waals surface area (Å²) in [6, 6.07) is 14.7. The molecule has 5 atom stereocenters. The van der Waals surface area contributed by atoms with E-state index in [0.717, 1.165) is 5.56 Å². The molecule has 0 aliphatic carbocycles. The lowest BCUT2D eigenvalue weighted by atomic mass is 9.99. The summed E-state index contributed by atoms with van der Waals surface area (Å²) in [6.45, 7) is 1.63. The van der Waals surface area contributed by atoms with Crippen LogP contribution in [0.2, 0.25) is 0 Å². The maximum Gasteiger partial charge on any atom is 0.338 e. The largest absolute Gasteiger partial charge is 0.489 e. The summed E-state index contributed by atoms with van der Waals surface area (Å²) in [4.78, 5) is 12.7. The van der Waals surface area contributed by atoms with Crippen molar-refractivity contribution in [3.8, 4) is 5.75 Å². The molecule has 0 spiro atoms. The fourth-order valence-electron chi connectivity index (χ4n) is 3.25. The highest BCUT2D eigenvalue weighted by Crippen LogP contribution is 2.26. The van der Waals surface area contributed by atoms with Crippen molar-refractivity contribution < 1.29 is 39.1 Å². The highest BCUT2D eigenvalue weighted by atomic mass is 16.7. The minimum absolute atomic E-state index is 0.280. The summed E-state index contributed by atoms with van der Waals surface area (Å²) in [5.41, 5.74) is 1.93. The third kappa shape index (κ3) is 4.97. The number of carbonyl (C=O) groups is 1. The van der Waals surface area contributed by atoms with Gasteiger partial charge in [0.2, 0.25) is 0 Å². The van der Waals surface area contributed by atoms with Crippen molar-refractivity contribution in [3.05, 3.63) is 65.2 Å². The van der Waals surface area contributed by atoms with Gasteiger partial charge in [-0.25, -0.2) is 4.79 Å². The van der Waals surface area contributed by atoms with Crippen LogP contribution in [-0.4, -0.2) is 65.7 Å². The van der Waals surface area contributed by atoms with Gasteiger partial charge in [0, 0.05) is 7.11 Å². The topological polar surface area (TPSA) is 115 Å². The van der Waals surface area contributed by atoms with E-state index in [1.807, 2.05) is 30.3 Å². The predicted octanol–water partition coefficient (Wildman–Crippen LogP) is 1.18. The highest BCUT2D eigenvalue weighted by Gasteiger charge is 2.47. The van der Waals surface area contributed by atoms with Crippen LogP contribution in [0.5, 0.6) is 5.75 Å². The molecule has 8 heteroatoms. The van der Waals surface area contributed by atoms with Crippen LogP contribution < -0.4 is 4.74 Å². The van der Waals surface area contributed by atoms with Gasteiger partial charge in [-0.2, -0.15) is 0 Å². The van der Waals surface area contributed by atoms with Gasteiger partial charge in [-0.3, -0.25) is 0 Å². The first-order chi connectivity index (χ1) is 14.4. The van der Waals surface area contributed by atoms with Gasteiger partial charge < -0.3 is 34.3 Å². The van der Waals surface area contributed by atoms with Crippen molar-refractivity contribution in [2.75, 3.05) is 13.7 Å². The zero-order chi connectivity index (χ0) is 21.7. The predicted molar refractivity (Wildman–Crippen MR) is 106 cm³/mol. The first kappa shape index (κ1) is 22.2. The van der Waals surface area contributed by atoms with Crippen molar-refractivity contribution in [1.82, 2.24) is 0 Å². The van der Waals surface area contributed by atoms with Crippen molar-refractivity contribution in [1.29, 1.82) is 0 Å². The van der Waals surface area contributed by atoms with Crippen molar-refractivity contribution in [3.63, 3.8) is 0 Å². The van der Waals surface area contributed by atoms with Gasteiger partial charge in [-0.1, -0.05) is 30.3 Å². The van der Waals surface area contributed by atoms with Gasteiger partial charge in [0.05, 0.1) is 12.2 Å². The molecule has 1 saturated heterocycles. The number of hydrogen-bond acceptors (Lipinski definition) is 8. The van der Waals surface area contributed by atoms with E-state index in [1.165, 1.54) is 7.11 Å². The van der Waals surface area contributed by atoms with Crippen LogP contribution in [0.15, 0.2) is 48.5 Å². The third-order valence-corrected chi connectivity index (χ3v) is 4.97. The Balaban J connectivity index is 1.67. The molecule has 2 aromatic carbocycles. The van der Waals surface area contributed by atoms with E-state index in [2.05, 4.69) is 0 Å². The second kappa shape index (κ2) is 10.0. The molecule has 0 aromatic heterocycles. The SMILES string of the molecule is CO[C@H]1O[C@H](CO)[C@@H](O)C(O)[C@H]1OC(=O)c1ccc(OCc2ccccc2)cc1C. The average Bonchev–Trinajstić information content (AvgIpc) is 2.76. The Morgan fingerprint density at radius 2 is 1.83 bits per heavy atom. The summed E-state index contributed by atoms with van der Waals surface area (Å²) in [7, 11) is 1.31. The van der Waals surface area contributed by atoms with Gasteiger partial charge in [-0.15, -0.1) is 0 Å². The van der Waals surface area contributed by atoms with Crippen molar-refractivity contribution in [2.45, 2.75) is 44.2 Å². The smallest absolute Gasteiger partial charge is 0.338 e. The lowest BCUT2D eigenvalue weighted by Gasteiger charge is -2.40. The van der Waals surface area contributed by atoms with E-state index >= 15 is 0 Å². The monoisotopic (exact) mass is 418 g/mol. The zero-order valence-corrected chi connectivity index (χ0v) is 16.8. The standard InChI is InChI=1S/C22H26O8/c1-13-10-15(28-12-14-6-4-3-5-7-14)8-9-16(13)21(26)30-20-19(25)18(24)17(11-23)29-22(20)27-2/h3-10,17-20,22-25H,11-12H2,1-2H3/t17-,18-,19?,20-,22+/m1/s1. The summed E-state index contributed by atoms with van der Waals surface area (Å²) in [5, 5.41) is 29.6. The summed E-state index contributed by atoms with van der Waals surface area (Å²) >= 11 is 0. The van der Waals surface area contributed by atoms with E-state index in [-0.39, 0.29) is 5.56 Å². The molecule has 8 nitrogen and oxygen atoms in total. The molecule has 3 N–H and O–H groups in total. The van der Waals surface area contributed by atoms with E-state index in [4.69, 9.17) is 18.9 Å². The van der Waals surface area contributed by atoms with E-state index < -0.39 is 43.3 Å². The molecular weight excluding hydrogens is 392 g/mol. The molecule has 1 fully saturated rings. The van der Waals surface area contributed by atoms with E-state index in [0.29, 0.717) is 17.9 Å². The molecular formula is C22H26O8. The zero-order valence-electron chi connectivity index (χ0n) is 16.8. The Kier molecular flexibility index (Phi) is 7.41. The quantitative estimate of drug-likeness (QED) is 0.575. The number of rotatable bonds is 7. The van der Waals surface area contributed by atoms with Gasteiger partial charge in [-0.05, 0) is 36.2 Å². The Hall–Kier alpha value is -2.49. The van der Waals surface area contributed by atoms with Crippen LogP contribution >= 0.6 is 0 Å². The molecule has 2 aromatic rings. The normalized spacial score (nSPS) is 26.2. The maximum absolute atomic E-state index is 12.7. The molecule has 0 saturated carbocycles. The highest BCUT2D eigenvalue weighted by molar-refractivity contribution is 5.91. The van der Waals surface area contributed by atoms with Gasteiger partial charge >= 0.3 is 5.97 Å². The maximum atomic E-state index is 12.7. The molecule has 0 bridgehead atoms. The number of ether oxygens (including phenoxy) is 4. The van der Waals surface area contributed by atoms with Gasteiger partial charge in [0.15, 0.2) is 12.4 Å². The second-order valence-corrected chi connectivity index (χ2v) is 7.06. The molecule has 3 rings (SSSR count). The summed E-state index contributed by atoms with van der Waals surface area (Å²) in [5.74, 6) is -0.101. The van der Waals surface area contributed by atoms with Crippen LogP contribution in [-0.2, 0) is 20.8 Å². The van der Waals surface area contributed by atoms with Gasteiger partial charge in [0.1, 0.15) is 30.7 Å². The molecule has 162 valence electrons. The van der Waals surface area contributed by atoms with Gasteiger partial charge in [0.25, 0.3) is 0 Å². The van der Waals surface area contributed by atoms with E-state index in [9.17, 15) is 20.1 Å². The number of benzene rings is 2. The fourth-order valence-corrected chi connectivity index (χ4v) is 3.25. The van der Waals surface area contributed by atoms with Crippen molar-refractivity contribution in [2.24, 2.45) is 0 Å². The number of aliphatic hydroxyl groups excluding tert-OH is 3.